The summed E-state index contributed by atoms with van der Waals surface area (Å²) in [5, 5.41) is 23.7. The van der Waals surface area contributed by atoms with Crippen molar-refractivity contribution in [2.45, 2.75) is 6.92 Å². The zero-order valence-electron chi connectivity index (χ0n) is 11.4. The summed E-state index contributed by atoms with van der Waals surface area (Å²) in [6.07, 6.45) is 0. The van der Waals surface area contributed by atoms with Crippen molar-refractivity contribution < 1.29 is 5.21 Å². The minimum Gasteiger partial charge on any atom is -0.409 e. The van der Waals surface area contributed by atoms with Crippen LogP contribution in [0.5, 0.6) is 0 Å². The first-order chi connectivity index (χ1) is 10.3. The summed E-state index contributed by atoms with van der Waals surface area (Å²) in [6, 6.07) is 17.7. The van der Waals surface area contributed by atoms with E-state index < -0.39 is 0 Å². The second-order valence-corrected chi connectivity index (χ2v) is 4.50. The molecule has 0 aliphatic carbocycles. The van der Waals surface area contributed by atoms with Gasteiger partial charge >= 0.3 is 0 Å². The van der Waals surface area contributed by atoms with Gasteiger partial charge < -0.3 is 5.21 Å². The van der Waals surface area contributed by atoms with Gasteiger partial charge in [-0.3, -0.25) is 0 Å². The van der Waals surface area contributed by atoms with Crippen molar-refractivity contribution in [2.24, 2.45) is 5.16 Å². The molecule has 6 heteroatoms. The van der Waals surface area contributed by atoms with Gasteiger partial charge in [0.25, 0.3) is 0 Å². The van der Waals surface area contributed by atoms with Gasteiger partial charge in [0.1, 0.15) is 0 Å². The first-order valence-electron chi connectivity index (χ1n) is 6.43. The number of rotatable bonds is 2. The lowest BCUT2D eigenvalue weighted by Gasteiger charge is -2.06. The van der Waals surface area contributed by atoms with E-state index in [4.69, 9.17) is 0 Å². The Morgan fingerprint density at radius 3 is 2.24 bits per heavy atom. The molecule has 1 N–H and O–H groups in total. The fourth-order valence-electron chi connectivity index (χ4n) is 2.09. The lowest BCUT2D eigenvalue weighted by Crippen LogP contribution is -2.17. The molecule has 104 valence electrons. The van der Waals surface area contributed by atoms with Gasteiger partial charge in [-0.1, -0.05) is 59.8 Å². The minimum atomic E-state index is 0.289. The van der Waals surface area contributed by atoms with Crippen molar-refractivity contribution >= 4 is 5.84 Å². The van der Waals surface area contributed by atoms with Crippen molar-refractivity contribution in [2.75, 3.05) is 0 Å². The van der Waals surface area contributed by atoms with E-state index in [1.54, 1.807) is 6.92 Å². The average Bonchev–Trinajstić information content (AvgIpc) is 2.96. The van der Waals surface area contributed by atoms with Crippen LogP contribution in [0.15, 0.2) is 59.8 Å². The normalized spacial score (nSPS) is 11.6. The van der Waals surface area contributed by atoms with Crippen LogP contribution in [0.3, 0.4) is 0 Å². The molecule has 3 aromatic rings. The number of aryl methyl sites for hydroxylation is 1. The monoisotopic (exact) mass is 279 g/mol. The molecule has 0 saturated heterocycles. The highest BCUT2D eigenvalue weighted by Gasteiger charge is 2.12. The van der Waals surface area contributed by atoms with Gasteiger partial charge in [-0.2, -0.15) is 4.68 Å². The van der Waals surface area contributed by atoms with Crippen LogP contribution in [0.25, 0.3) is 11.1 Å². The highest BCUT2D eigenvalue weighted by atomic mass is 16.4. The molecule has 0 fully saturated rings. The van der Waals surface area contributed by atoms with E-state index in [0.29, 0.717) is 5.82 Å². The predicted molar refractivity (Wildman–Crippen MR) is 78.2 cm³/mol. The number of hydrogen-bond donors (Lipinski definition) is 1. The van der Waals surface area contributed by atoms with Crippen LogP contribution in [0, 0.1) is 6.92 Å². The first kappa shape index (κ1) is 13.0. The second-order valence-electron chi connectivity index (χ2n) is 4.50. The zero-order valence-corrected chi connectivity index (χ0v) is 11.4. The lowest BCUT2D eigenvalue weighted by molar-refractivity contribution is 0.316. The second kappa shape index (κ2) is 5.54. The third kappa shape index (κ3) is 2.51. The van der Waals surface area contributed by atoms with Crippen molar-refractivity contribution in [1.82, 2.24) is 20.2 Å². The van der Waals surface area contributed by atoms with Crippen LogP contribution < -0.4 is 0 Å². The maximum atomic E-state index is 9.23. The molecule has 0 unspecified atom stereocenters. The zero-order chi connectivity index (χ0) is 14.7. The third-order valence-electron chi connectivity index (χ3n) is 3.17. The average molecular weight is 279 g/mol. The van der Waals surface area contributed by atoms with Crippen molar-refractivity contribution in [3.63, 3.8) is 0 Å². The Hall–Kier alpha value is -3.02. The van der Waals surface area contributed by atoms with Crippen LogP contribution in [0.1, 0.15) is 11.4 Å². The summed E-state index contributed by atoms with van der Waals surface area (Å²) < 4.78 is 1.39. The largest absolute Gasteiger partial charge is 0.409 e. The molecule has 0 aliphatic rings. The molecule has 0 radical (unpaired) electrons. The molecular weight excluding hydrogens is 266 g/mol. The number of hydrogen-bond acceptors (Lipinski definition) is 5. The fraction of sp³-hybridized carbons (Fsp3) is 0.0667. The van der Waals surface area contributed by atoms with Gasteiger partial charge in [0.05, 0.1) is 0 Å². The predicted octanol–water partition coefficient (Wildman–Crippen LogP) is 2.33. The summed E-state index contributed by atoms with van der Waals surface area (Å²) in [6.45, 7) is 1.74. The summed E-state index contributed by atoms with van der Waals surface area (Å²) in [5.41, 5.74) is 2.95. The minimum absolute atomic E-state index is 0.289. The molecule has 21 heavy (non-hydrogen) atoms. The highest BCUT2D eigenvalue weighted by molar-refractivity contribution is 5.99. The number of tetrazole rings is 1. The van der Waals surface area contributed by atoms with Gasteiger partial charge in [0.15, 0.2) is 5.82 Å². The van der Waals surface area contributed by atoms with Crippen molar-refractivity contribution in [3.8, 4) is 11.1 Å². The van der Waals surface area contributed by atoms with Gasteiger partial charge in [-0.25, -0.2) is 0 Å². The van der Waals surface area contributed by atoms with Crippen LogP contribution in [-0.4, -0.2) is 31.3 Å². The Labute approximate surface area is 121 Å². The Bertz CT molecular complexity index is 762. The Balaban J connectivity index is 1.96. The number of benzene rings is 2. The maximum absolute atomic E-state index is 9.23. The van der Waals surface area contributed by atoms with E-state index >= 15 is 0 Å². The third-order valence-corrected chi connectivity index (χ3v) is 3.17. The molecule has 0 aliphatic heterocycles. The van der Waals surface area contributed by atoms with Gasteiger partial charge in [0.2, 0.25) is 5.84 Å². The van der Waals surface area contributed by atoms with Crippen LogP contribution in [0.2, 0.25) is 0 Å². The SMILES string of the molecule is Cc1nnnn1/C(=N/O)c1ccc(-c2ccccc2)cc1. The van der Waals surface area contributed by atoms with Crippen LogP contribution in [0.4, 0.5) is 0 Å². The molecule has 6 nitrogen and oxygen atoms in total. The van der Waals surface area contributed by atoms with Gasteiger partial charge in [-0.05, 0) is 28.5 Å². The molecule has 2 aromatic carbocycles. The summed E-state index contributed by atoms with van der Waals surface area (Å²) in [4.78, 5) is 0. The van der Waals surface area contributed by atoms with E-state index in [2.05, 4.69) is 20.7 Å². The topological polar surface area (TPSA) is 76.2 Å². The summed E-state index contributed by atoms with van der Waals surface area (Å²) in [5.74, 6) is 0.840. The molecule has 1 heterocycles. The number of aromatic nitrogens is 4. The smallest absolute Gasteiger partial charge is 0.203 e. The molecule has 0 bridgehead atoms. The number of nitrogens with zero attached hydrogens (tertiary/aromatic N) is 5. The lowest BCUT2D eigenvalue weighted by atomic mass is 10.0. The molecule has 0 saturated carbocycles. The first-order valence-corrected chi connectivity index (χ1v) is 6.43. The molecule has 0 atom stereocenters. The summed E-state index contributed by atoms with van der Waals surface area (Å²) in [7, 11) is 0. The molecule has 3 rings (SSSR count). The standard InChI is InChI=1S/C15H13N5O/c1-11-16-18-19-20(11)15(17-21)14-9-7-13(8-10-14)12-5-3-2-4-6-12/h2-10,21H,1H3/b17-15+. The Kier molecular flexibility index (Phi) is 3.42. The van der Waals surface area contributed by atoms with Crippen LogP contribution in [-0.2, 0) is 0 Å². The van der Waals surface area contributed by atoms with E-state index in [9.17, 15) is 5.21 Å². The molecule has 0 spiro atoms. The van der Waals surface area contributed by atoms with Crippen LogP contribution >= 0.6 is 0 Å². The van der Waals surface area contributed by atoms with Gasteiger partial charge in [0, 0.05) is 5.56 Å². The van der Waals surface area contributed by atoms with Crippen molar-refractivity contribution in [1.29, 1.82) is 0 Å². The van der Waals surface area contributed by atoms with E-state index in [-0.39, 0.29) is 5.84 Å². The quantitative estimate of drug-likeness (QED) is 0.338. The molecule has 1 aromatic heterocycles. The molecular formula is C15H13N5O. The van der Waals surface area contributed by atoms with E-state index in [1.807, 2.05) is 54.6 Å². The Morgan fingerprint density at radius 1 is 1.00 bits per heavy atom. The highest BCUT2D eigenvalue weighted by Crippen LogP contribution is 2.19. The number of oxime groups is 1. The fourth-order valence-corrected chi connectivity index (χ4v) is 2.09. The van der Waals surface area contributed by atoms with E-state index in [1.165, 1.54) is 4.68 Å². The van der Waals surface area contributed by atoms with E-state index in [0.717, 1.165) is 16.7 Å². The summed E-state index contributed by atoms with van der Waals surface area (Å²) >= 11 is 0. The molecule has 0 amide bonds. The van der Waals surface area contributed by atoms with Gasteiger partial charge in [-0.15, -0.1) is 5.10 Å². The maximum Gasteiger partial charge on any atom is 0.203 e. The Morgan fingerprint density at radius 2 is 1.67 bits per heavy atom. The van der Waals surface area contributed by atoms with Crippen molar-refractivity contribution in [3.05, 3.63) is 66.0 Å².